The second kappa shape index (κ2) is 7.22. The Morgan fingerprint density at radius 3 is 2.45 bits per heavy atom. The number of halogens is 1. The lowest BCUT2D eigenvalue weighted by Crippen LogP contribution is -2.35. The molecule has 0 aliphatic carbocycles. The van der Waals surface area contributed by atoms with E-state index in [9.17, 15) is 9.59 Å². The average Bonchev–Trinajstić information content (AvgIpc) is 2.50. The van der Waals surface area contributed by atoms with Crippen LogP contribution in [0, 0.1) is 6.92 Å². The molecular formula is C17H17BrN2O2. The number of benzene rings is 2. The molecule has 22 heavy (non-hydrogen) atoms. The van der Waals surface area contributed by atoms with Crippen molar-refractivity contribution in [1.82, 2.24) is 4.90 Å². The number of nitrogens with zero attached hydrogens (tertiary/aromatic N) is 1. The number of rotatable bonds is 4. The van der Waals surface area contributed by atoms with Crippen molar-refractivity contribution < 1.29 is 9.59 Å². The topological polar surface area (TPSA) is 49.4 Å². The van der Waals surface area contributed by atoms with Gasteiger partial charge in [-0.15, -0.1) is 0 Å². The summed E-state index contributed by atoms with van der Waals surface area (Å²) in [5.74, 6) is -0.402. The third kappa shape index (κ3) is 4.18. The van der Waals surface area contributed by atoms with Crippen molar-refractivity contribution >= 4 is 33.4 Å². The highest BCUT2D eigenvalue weighted by Crippen LogP contribution is 2.19. The van der Waals surface area contributed by atoms with Crippen LogP contribution in [0.15, 0.2) is 53.0 Å². The first-order valence-corrected chi connectivity index (χ1v) is 7.63. The Labute approximate surface area is 138 Å². The fourth-order valence-electron chi connectivity index (χ4n) is 2.05. The molecule has 0 fully saturated rings. The average molecular weight is 361 g/mol. The fraction of sp³-hybridized carbons (Fsp3) is 0.176. The maximum Gasteiger partial charge on any atom is 0.254 e. The molecule has 5 heteroatoms. The summed E-state index contributed by atoms with van der Waals surface area (Å²) in [7, 11) is 1.61. The monoisotopic (exact) mass is 360 g/mol. The van der Waals surface area contributed by atoms with Crippen molar-refractivity contribution in [2.75, 3.05) is 18.9 Å². The highest BCUT2D eigenvalue weighted by molar-refractivity contribution is 9.10. The van der Waals surface area contributed by atoms with Crippen LogP contribution < -0.4 is 5.32 Å². The molecule has 4 nitrogen and oxygen atoms in total. The van der Waals surface area contributed by atoms with E-state index in [1.165, 1.54) is 4.90 Å². The van der Waals surface area contributed by atoms with E-state index in [0.29, 0.717) is 5.56 Å². The fourth-order valence-corrected chi connectivity index (χ4v) is 2.52. The SMILES string of the molecule is Cc1cc(Br)ccc1NC(=O)CN(C)C(=O)c1ccccc1. The molecular weight excluding hydrogens is 344 g/mol. The summed E-state index contributed by atoms with van der Waals surface area (Å²) in [6, 6.07) is 14.5. The van der Waals surface area contributed by atoms with Gasteiger partial charge in [0.2, 0.25) is 5.91 Å². The Hall–Kier alpha value is -2.14. The number of aryl methyl sites for hydroxylation is 1. The van der Waals surface area contributed by atoms with E-state index in [1.54, 1.807) is 31.3 Å². The Morgan fingerprint density at radius 1 is 1.14 bits per heavy atom. The van der Waals surface area contributed by atoms with E-state index in [4.69, 9.17) is 0 Å². The first-order chi connectivity index (χ1) is 10.5. The van der Waals surface area contributed by atoms with Gasteiger partial charge in [0.05, 0.1) is 6.54 Å². The third-order valence-corrected chi connectivity index (χ3v) is 3.70. The molecule has 0 bridgehead atoms. The minimum absolute atomic E-state index is 0.00321. The third-order valence-electron chi connectivity index (χ3n) is 3.21. The standard InChI is InChI=1S/C17H17BrN2O2/c1-12-10-14(18)8-9-15(12)19-16(21)11-20(2)17(22)13-6-4-3-5-7-13/h3-10H,11H2,1-2H3,(H,19,21). The summed E-state index contributed by atoms with van der Waals surface area (Å²) in [6.07, 6.45) is 0. The molecule has 0 radical (unpaired) electrons. The first-order valence-electron chi connectivity index (χ1n) is 6.84. The number of carbonyl (C=O) groups is 2. The second-order valence-electron chi connectivity index (χ2n) is 5.03. The molecule has 2 aromatic carbocycles. The zero-order valence-corrected chi connectivity index (χ0v) is 14.1. The lowest BCUT2D eigenvalue weighted by molar-refractivity contribution is -0.116. The molecule has 0 unspecified atom stereocenters. The lowest BCUT2D eigenvalue weighted by atomic mass is 10.2. The van der Waals surface area contributed by atoms with Crippen LogP contribution >= 0.6 is 15.9 Å². The molecule has 2 amide bonds. The minimum Gasteiger partial charge on any atom is -0.332 e. The first kappa shape index (κ1) is 16.2. The zero-order valence-electron chi connectivity index (χ0n) is 12.5. The van der Waals surface area contributed by atoms with Crippen molar-refractivity contribution in [1.29, 1.82) is 0 Å². The highest BCUT2D eigenvalue weighted by Gasteiger charge is 2.15. The lowest BCUT2D eigenvalue weighted by Gasteiger charge is -2.17. The van der Waals surface area contributed by atoms with Crippen LogP contribution in [0.25, 0.3) is 0 Å². The van der Waals surface area contributed by atoms with E-state index < -0.39 is 0 Å². The highest BCUT2D eigenvalue weighted by atomic mass is 79.9. The summed E-state index contributed by atoms with van der Waals surface area (Å²) in [5, 5.41) is 2.82. The Kier molecular flexibility index (Phi) is 5.33. The number of anilines is 1. The van der Waals surface area contributed by atoms with E-state index in [1.807, 2.05) is 31.2 Å². The number of likely N-dealkylation sites (N-methyl/N-ethyl adjacent to an activating group) is 1. The van der Waals surface area contributed by atoms with Crippen LogP contribution in [0.1, 0.15) is 15.9 Å². The van der Waals surface area contributed by atoms with Gasteiger partial charge in [-0.3, -0.25) is 9.59 Å². The van der Waals surface area contributed by atoms with E-state index >= 15 is 0 Å². The Balaban J connectivity index is 1.98. The van der Waals surface area contributed by atoms with Gasteiger partial charge in [0.1, 0.15) is 0 Å². The predicted molar refractivity (Wildman–Crippen MR) is 90.9 cm³/mol. The Morgan fingerprint density at radius 2 is 1.82 bits per heavy atom. The van der Waals surface area contributed by atoms with Gasteiger partial charge in [0.15, 0.2) is 0 Å². The van der Waals surface area contributed by atoms with Crippen LogP contribution in [0.4, 0.5) is 5.69 Å². The number of nitrogens with one attached hydrogen (secondary N) is 1. The van der Waals surface area contributed by atoms with E-state index in [2.05, 4.69) is 21.2 Å². The zero-order chi connectivity index (χ0) is 16.1. The molecule has 0 aromatic heterocycles. The molecule has 2 rings (SSSR count). The van der Waals surface area contributed by atoms with E-state index in [-0.39, 0.29) is 18.4 Å². The van der Waals surface area contributed by atoms with Crippen LogP contribution in [0.5, 0.6) is 0 Å². The van der Waals surface area contributed by atoms with Crippen LogP contribution in [-0.2, 0) is 4.79 Å². The van der Waals surface area contributed by atoms with Crippen molar-refractivity contribution in [2.24, 2.45) is 0 Å². The summed E-state index contributed by atoms with van der Waals surface area (Å²) >= 11 is 3.38. The Bertz CT molecular complexity index is 686. The maximum atomic E-state index is 12.2. The van der Waals surface area contributed by atoms with Gasteiger partial charge in [-0.05, 0) is 42.8 Å². The summed E-state index contributed by atoms with van der Waals surface area (Å²) in [5.41, 5.74) is 2.27. The van der Waals surface area contributed by atoms with Crippen molar-refractivity contribution in [2.45, 2.75) is 6.92 Å². The van der Waals surface area contributed by atoms with Crippen molar-refractivity contribution in [3.63, 3.8) is 0 Å². The normalized spacial score (nSPS) is 10.1. The number of amides is 2. The van der Waals surface area contributed by atoms with Crippen LogP contribution in [0.2, 0.25) is 0 Å². The molecule has 0 heterocycles. The van der Waals surface area contributed by atoms with Gasteiger partial charge >= 0.3 is 0 Å². The summed E-state index contributed by atoms with van der Waals surface area (Å²) < 4.78 is 0.958. The molecule has 0 atom stereocenters. The van der Waals surface area contributed by atoms with Gasteiger partial charge in [-0.2, -0.15) is 0 Å². The predicted octanol–water partition coefficient (Wildman–Crippen LogP) is 3.47. The van der Waals surface area contributed by atoms with Crippen LogP contribution in [0.3, 0.4) is 0 Å². The summed E-state index contributed by atoms with van der Waals surface area (Å²) in [6.45, 7) is 1.92. The van der Waals surface area contributed by atoms with E-state index in [0.717, 1.165) is 15.7 Å². The molecule has 1 N–H and O–H groups in total. The van der Waals surface area contributed by atoms with Gasteiger partial charge < -0.3 is 10.2 Å². The van der Waals surface area contributed by atoms with Gasteiger partial charge in [0, 0.05) is 22.8 Å². The number of carbonyl (C=O) groups excluding carboxylic acids is 2. The van der Waals surface area contributed by atoms with Crippen molar-refractivity contribution in [3.05, 3.63) is 64.1 Å². The molecule has 0 saturated carbocycles. The molecule has 0 spiro atoms. The minimum atomic E-state index is -0.225. The van der Waals surface area contributed by atoms with Crippen LogP contribution in [-0.4, -0.2) is 30.3 Å². The molecule has 0 saturated heterocycles. The molecule has 0 aliphatic rings. The van der Waals surface area contributed by atoms with Gasteiger partial charge in [-0.1, -0.05) is 34.1 Å². The van der Waals surface area contributed by atoms with Gasteiger partial charge in [0.25, 0.3) is 5.91 Å². The number of hydrogen-bond donors (Lipinski definition) is 1. The molecule has 0 aliphatic heterocycles. The maximum absolute atomic E-state index is 12.2. The second-order valence-corrected chi connectivity index (χ2v) is 5.95. The number of hydrogen-bond acceptors (Lipinski definition) is 2. The van der Waals surface area contributed by atoms with Crippen molar-refractivity contribution in [3.8, 4) is 0 Å². The smallest absolute Gasteiger partial charge is 0.254 e. The largest absolute Gasteiger partial charge is 0.332 e. The van der Waals surface area contributed by atoms with Gasteiger partial charge in [-0.25, -0.2) is 0 Å². The quantitative estimate of drug-likeness (QED) is 0.907. The molecule has 2 aromatic rings. The molecule has 114 valence electrons. The summed E-state index contributed by atoms with van der Waals surface area (Å²) in [4.78, 5) is 25.7.